The van der Waals surface area contributed by atoms with E-state index in [1.807, 2.05) is 31.2 Å². The highest BCUT2D eigenvalue weighted by Crippen LogP contribution is 2.30. The van der Waals surface area contributed by atoms with Gasteiger partial charge in [-0.2, -0.15) is 0 Å². The summed E-state index contributed by atoms with van der Waals surface area (Å²) in [5.41, 5.74) is 1.98. The molecule has 0 radical (unpaired) electrons. The predicted octanol–water partition coefficient (Wildman–Crippen LogP) is 3.16. The fraction of sp³-hybridized carbons (Fsp3) is 0.300. The van der Waals surface area contributed by atoms with Gasteiger partial charge < -0.3 is 15.0 Å². The van der Waals surface area contributed by atoms with E-state index in [9.17, 15) is 19.7 Å². The van der Waals surface area contributed by atoms with Gasteiger partial charge in [0, 0.05) is 24.8 Å². The molecule has 0 fully saturated rings. The Kier molecular flexibility index (Phi) is 5.58. The number of nitro benzene ring substituents is 1. The van der Waals surface area contributed by atoms with Crippen LogP contribution in [0.3, 0.4) is 0 Å². The van der Waals surface area contributed by atoms with E-state index in [0.717, 1.165) is 30.2 Å². The zero-order valence-electron chi connectivity index (χ0n) is 15.7. The summed E-state index contributed by atoms with van der Waals surface area (Å²) in [6, 6.07) is 11.6. The number of anilines is 2. The summed E-state index contributed by atoms with van der Waals surface area (Å²) in [5.74, 6) is -1.11. The molecule has 8 nitrogen and oxygen atoms in total. The van der Waals surface area contributed by atoms with Gasteiger partial charge >= 0.3 is 5.97 Å². The molecule has 2 aromatic rings. The average molecular weight is 383 g/mol. The molecule has 0 aromatic heterocycles. The number of hydrogen-bond donors (Lipinski definition) is 1. The van der Waals surface area contributed by atoms with Crippen LogP contribution in [0.2, 0.25) is 0 Å². The van der Waals surface area contributed by atoms with Gasteiger partial charge in [0.05, 0.1) is 10.5 Å². The van der Waals surface area contributed by atoms with Crippen LogP contribution in [0.1, 0.15) is 29.3 Å². The van der Waals surface area contributed by atoms with Gasteiger partial charge in [-0.1, -0.05) is 18.2 Å². The third-order valence-corrected chi connectivity index (χ3v) is 4.82. The Balaban J connectivity index is 1.72. The summed E-state index contributed by atoms with van der Waals surface area (Å²) in [6.45, 7) is 1.52. The van der Waals surface area contributed by atoms with E-state index in [0.29, 0.717) is 0 Å². The molecule has 1 heterocycles. The second-order valence-electron chi connectivity index (χ2n) is 6.60. The number of fused-ring (bicyclic) bond motifs is 1. The quantitative estimate of drug-likeness (QED) is 0.483. The van der Waals surface area contributed by atoms with Crippen molar-refractivity contribution in [2.75, 3.05) is 23.9 Å². The van der Waals surface area contributed by atoms with Gasteiger partial charge in [-0.3, -0.25) is 14.9 Å². The Hall–Kier alpha value is -3.42. The smallest absolute Gasteiger partial charge is 0.338 e. The first-order chi connectivity index (χ1) is 13.4. The number of benzene rings is 2. The van der Waals surface area contributed by atoms with Crippen molar-refractivity contribution in [3.8, 4) is 0 Å². The molecule has 1 aliphatic rings. The Bertz CT molecular complexity index is 928. The maximum absolute atomic E-state index is 12.7. The van der Waals surface area contributed by atoms with Gasteiger partial charge in [0.2, 0.25) is 0 Å². The lowest BCUT2D eigenvalue weighted by molar-refractivity contribution is -0.384. The van der Waals surface area contributed by atoms with Crippen LogP contribution in [0.5, 0.6) is 0 Å². The SMILES string of the molecule is CNc1ccc(C(=O)OCC(=O)N2c3ccccc3CCC2C)cc1[N+](=O)[O-]. The number of carbonyl (C=O) groups is 2. The number of nitrogens with one attached hydrogen (secondary N) is 1. The fourth-order valence-electron chi connectivity index (χ4n) is 3.37. The summed E-state index contributed by atoms with van der Waals surface area (Å²) in [5, 5.41) is 13.8. The Morgan fingerprint density at radius 3 is 2.75 bits per heavy atom. The lowest BCUT2D eigenvalue weighted by atomic mass is 9.96. The predicted molar refractivity (Wildman–Crippen MR) is 105 cm³/mol. The van der Waals surface area contributed by atoms with Crippen molar-refractivity contribution in [1.82, 2.24) is 0 Å². The van der Waals surface area contributed by atoms with Gasteiger partial charge in [0.15, 0.2) is 6.61 Å². The Morgan fingerprint density at radius 1 is 1.29 bits per heavy atom. The molecule has 1 amide bonds. The molecule has 3 rings (SSSR count). The van der Waals surface area contributed by atoms with Crippen LogP contribution in [-0.4, -0.2) is 36.5 Å². The third-order valence-electron chi connectivity index (χ3n) is 4.82. The molecule has 1 unspecified atom stereocenters. The van der Waals surface area contributed by atoms with Crippen LogP contribution >= 0.6 is 0 Å². The normalized spacial score (nSPS) is 15.5. The van der Waals surface area contributed by atoms with Crippen LogP contribution in [0.15, 0.2) is 42.5 Å². The molecular formula is C20H21N3O5. The van der Waals surface area contributed by atoms with E-state index in [-0.39, 0.29) is 28.9 Å². The van der Waals surface area contributed by atoms with Crippen LogP contribution in [0.25, 0.3) is 0 Å². The molecule has 0 spiro atoms. The minimum Gasteiger partial charge on any atom is -0.452 e. The zero-order chi connectivity index (χ0) is 20.3. The number of rotatable bonds is 5. The maximum atomic E-state index is 12.7. The maximum Gasteiger partial charge on any atom is 0.338 e. The molecular weight excluding hydrogens is 362 g/mol. The Labute approximate surface area is 162 Å². The van der Waals surface area contributed by atoms with Crippen LogP contribution in [0.4, 0.5) is 17.1 Å². The second-order valence-corrected chi connectivity index (χ2v) is 6.60. The van der Waals surface area contributed by atoms with Crippen molar-refractivity contribution in [2.24, 2.45) is 0 Å². The summed E-state index contributed by atoms with van der Waals surface area (Å²) >= 11 is 0. The van der Waals surface area contributed by atoms with E-state index < -0.39 is 17.5 Å². The van der Waals surface area contributed by atoms with Crippen LogP contribution in [-0.2, 0) is 16.0 Å². The van der Waals surface area contributed by atoms with Gasteiger partial charge in [0.25, 0.3) is 11.6 Å². The largest absolute Gasteiger partial charge is 0.452 e. The van der Waals surface area contributed by atoms with Crippen molar-refractivity contribution in [1.29, 1.82) is 0 Å². The summed E-state index contributed by atoms with van der Waals surface area (Å²) < 4.78 is 5.14. The van der Waals surface area contributed by atoms with E-state index in [1.54, 1.807) is 11.9 Å². The summed E-state index contributed by atoms with van der Waals surface area (Å²) in [6.07, 6.45) is 1.72. The minimum atomic E-state index is -0.781. The molecule has 146 valence electrons. The number of nitrogens with zero attached hydrogens (tertiary/aromatic N) is 2. The molecule has 0 bridgehead atoms. The number of aryl methyl sites for hydroxylation is 1. The molecule has 0 saturated heterocycles. The van der Waals surface area contributed by atoms with Crippen molar-refractivity contribution >= 4 is 28.9 Å². The van der Waals surface area contributed by atoms with Crippen molar-refractivity contribution in [3.05, 3.63) is 63.7 Å². The molecule has 0 aliphatic carbocycles. The van der Waals surface area contributed by atoms with Gasteiger partial charge in [-0.25, -0.2) is 4.79 Å². The highest BCUT2D eigenvalue weighted by molar-refractivity contribution is 5.98. The third kappa shape index (κ3) is 3.80. The number of amides is 1. The second kappa shape index (κ2) is 8.08. The number of esters is 1. The van der Waals surface area contributed by atoms with E-state index in [4.69, 9.17) is 4.74 Å². The van der Waals surface area contributed by atoms with Gasteiger partial charge in [-0.05, 0) is 43.5 Å². The van der Waals surface area contributed by atoms with E-state index in [2.05, 4.69) is 5.32 Å². The van der Waals surface area contributed by atoms with E-state index in [1.165, 1.54) is 12.1 Å². The molecule has 1 aliphatic heterocycles. The summed E-state index contributed by atoms with van der Waals surface area (Å²) in [7, 11) is 1.55. The number of para-hydroxylation sites is 1. The average Bonchev–Trinajstić information content (AvgIpc) is 2.71. The summed E-state index contributed by atoms with van der Waals surface area (Å²) in [4.78, 5) is 37.2. The molecule has 1 atom stereocenters. The highest BCUT2D eigenvalue weighted by atomic mass is 16.6. The lowest BCUT2D eigenvalue weighted by Gasteiger charge is -2.35. The standard InChI is InChI=1S/C20H21N3O5/c1-13-7-8-14-5-3-4-6-17(14)22(13)19(24)12-28-20(25)15-9-10-16(21-2)18(11-15)23(26)27/h3-6,9-11,13,21H,7-8,12H2,1-2H3. The topological polar surface area (TPSA) is 102 Å². The zero-order valence-corrected chi connectivity index (χ0v) is 15.7. The molecule has 0 saturated carbocycles. The first-order valence-electron chi connectivity index (χ1n) is 8.95. The number of hydrogen-bond acceptors (Lipinski definition) is 6. The first-order valence-corrected chi connectivity index (χ1v) is 8.95. The van der Waals surface area contributed by atoms with Crippen molar-refractivity contribution in [2.45, 2.75) is 25.8 Å². The minimum absolute atomic E-state index is 0.00268. The molecule has 28 heavy (non-hydrogen) atoms. The molecule has 1 N–H and O–H groups in total. The van der Waals surface area contributed by atoms with Gasteiger partial charge in [-0.15, -0.1) is 0 Å². The highest BCUT2D eigenvalue weighted by Gasteiger charge is 2.28. The van der Waals surface area contributed by atoms with Gasteiger partial charge in [0.1, 0.15) is 5.69 Å². The Morgan fingerprint density at radius 2 is 2.04 bits per heavy atom. The van der Waals surface area contributed by atoms with Crippen LogP contribution in [0, 0.1) is 10.1 Å². The monoisotopic (exact) mass is 383 g/mol. The van der Waals surface area contributed by atoms with Crippen LogP contribution < -0.4 is 10.2 Å². The van der Waals surface area contributed by atoms with Crippen molar-refractivity contribution in [3.63, 3.8) is 0 Å². The molecule has 2 aromatic carbocycles. The lowest BCUT2D eigenvalue weighted by Crippen LogP contribution is -2.44. The number of carbonyl (C=O) groups excluding carboxylic acids is 2. The fourth-order valence-corrected chi connectivity index (χ4v) is 3.37. The van der Waals surface area contributed by atoms with Crippen molar-refractivity contribution < 1.29 is 19.2 Å². The number of ether oxygens (including phenoxy) is 1. The van der Waals surface area contributed by atoms with E-state index >= 15 is 0 Å². The molecule has 8 heteroatoms. The number of nitro groups is 1. The first kappa shape index (κ1) is 19.3.